The normalized spacial score (nSPS) is 17.1. The van der Waals surface area contributed by atoms with Gasteiger partial charge in [0, 0.05) is 37.8 Å². The number of furan rings is 1. The minimum atomic E-state index is -0.0883. The number of carbonyl (C=O) groups is 1. The molecule has 1 N–H and O–H groups in total. The van der Waals surface area contributed by atoms with Gasteiger partial charge >= 0.3 is 0 Å². The fourth-order valence-electron chi connectivity index (χ4n) is 3.01. The SMILES string of the molecule is Cn1cccc1C(=O)NC[C@H]1COCc2c(-c3ccoc3)nnn2C1. The number of ether oxygens (including phenoxy) is 1. The van der Waals surface area contributed by atoms with Crippen LogP contribution in [0.2, 0.25) is 0 Å². The monoisotopic (exact) mass is 341 g/mol. The molecule has 130 valence electrons. The summed E-state index contributed by atoms with van der Waals surface area (Å²) in [6.45, 7) is 2.16. The lowest BCUT2D eigenvalue weighted by Gasteiger charge is -2.15. The van der Waals surface area contributed by atoms with Gasteiger partial charge in [0.05, 0.1) is 31.4 Å². The van der Waals surface area contributed by atoms with Crippen molar-refractivity contribution in [1.82, 2.24) is 24.9 Å². The van der Waals surface area contributed by atoms with Crippen LogP contribution in [0.3, 0.4) is 0 Å². The van der Waals surface area contributed by atoms with Gasteiger partial charge in [-0.05, 0) is 18.2 Å². The number of aromatic nitrogens is 4. The molecule has 1 atom stereocenters. The Labute approximate surface area is 144 Å². The second kappa shape index (κ2) is 6.56. The molecule has 4 heterocycles. The minimum absolute atomic E-state index is 0.0883. The third-order valence-electron chi connectivity index (χ3n) is 4.38. The number of hydrogen-bond donors (Lipinski definition) is 1. The van der Waals surface area contributed by atoms with Crippen LogP contribution < -0.4 is 5.32 Å². The van der Waals surface area contributed by atoms with Gasteiger partial charge in [-0.1, -0.05) is 5.21 Å². The second-order valence-electron chi connectivity index (χ2n) is 6.17. The maximum atomic E-state index is 12.2. The molecule has 8 nitrogen and oxygen atoms in total. The first-order valence-corrected chi connectivity index (χ1v) is 8.14. The molecule has 0 saturated heterocycles. The molecule has 0 unspecified atom stereocenters. The largest absolute Gasteiger partial charge is 0.472 e. The average Bonchev–Trinajstić information content (AvgIpc) is 3.32. The van der Waals surface area contributed by atoms with E-state index in [1.54, 1.807) is 23.2 Å². The molecule has 1 amide bonds. The molecular formula is C17H19N5O3. The summed E-state index contributed by atoms with van der Waals surface area (Å²) in [5.74, 6) is 0.0408. The third kappa shape index (κ3) is 3.08. The van der Waals surface area contributed by atoms with Crippen molar-refractivity contribution < 1.29 is 13.9 Å². The predicted molar refractivity (Wildman–Crippen MR) is 88.6 cm³/mol. The fraction of sp³-hybridized carbons (Fsp3) is 0.353. The molecule has 0 fully saturated rings. The second-order valence-corrected chi connectivity index (χ2v) is 6.17. The van der Waals surface area contributed by atoms with E-state index in [1.165, 1.54) is 0 Å². The zero-order valence-corrected chi connectivity index (χ0v) is 13.9. The van der Waals surface area contributed by atoms with Crippen LogP contribution in [0.4, 0.5) is 0 Å². The Bertz CT molecular complexity index is 865. The molecule has 0 spiro atoms. The minimum Gasteiger partial charge on any atom is -0.472 e. The van der Waals surface area contributed by atoms with Gasteiger partial charge < -0.3 is 19.0 Å². The lowest BCUT2D eigenvalue weighted by atomic mass is 10.1. The third-order valence-corrected chi connectivity index (χ3v) is 4.38. The molecular weight excluding hydrogens is 322 g/mol. The van der Waals surface area contributed by atoms with E-state index in [0.717, 1.165) is 17.0 Å². The lowest BCUT2D eigenvalue weighted by molar-refractivity contribution is 0.0847. The quantitative estimate of drug-likeness (QED) is 0.776. The van der Waals surface area contributed by atoms with Crippen LogP contribution in [0.15, 0.2) is 41.3 Å². The van der Waals surface area contributed by atoms with Gasteiger partial charge in [0.15, 0.2) is 0 Å². The zero-order valence-electron chi connectivity index (χ0n) is 13.9. The zero-order chi connectivity index (χ0) is 17.2. The van der Waals surface area contributed by atoms with Gasteiger partial charge in [0.2, 0.25) is 0 Å². The first-order chi connectivity index (χ1) is 12.2. The van der Waals surface area contributed by atoms with Crippen LogP contribution in [0.25, 0.3) is 11.3 Å². The van der Waals surface area contributed by atoms with Crippen molar-refractivity contribution >= 4 is 5.91 Å². The van der Waals surface area contributed by atoms with Gasteiger partial charge in [0.1, 0.15) is 11.4 Å². The van der Waals surface area contributed by atoms with E-state index in [-0.39, 0.29) is 11.8 Å². The Morgan fingerprint density at radius 3 is 3.12 bits per heavy atom. The van der Waals surface area contributed by atoms with E-state index < -0.39 is 0 Å². The summed E-state index contributed by atoms with van der Waals surface area (Å²) >= 11 is 0. The molecule has 4 rings (SSSR count). The van der Waals surface area contributed by atoms with Crippen molar-refractivity contribution in [3.63, 3.8) is 0 Å². The van der Waals surface area contributed by atoms with E-state index in [0.29, 0.717) is 32.0 Å². The highest BCUT2D eigenvalue weighted by Crippen LogP contribution is 2.24. The van der Waals surface area contributed by atoms with E-state index in [2.05, 4.69) is 15.6 Å². The average molecular weight is 341 g/mol. The summed E-state index contributed by atoms with van der Waals surface area (Å²) in [5.41, 5.74) is 3.23. The van der Waals surface area contributed by atoms with Crippen LogP contribution in [-0.4, -0.2) is 38.6 Å². The standard InChI is InChI=1S/C17H19N5O3/c1-21-5-2-3-14(21)17(23)18-7-12-8-22-15(11-25-9-12)16(19-20-22)13-4-6-24-10-13/h2-6,10,12H,7-9,11H2,1H3,(H,18,23)/t12-/m1/s1. The van der Waals surface area contributed by atoms with Crippen LogP contribution in [0.1, 0.15) is 16.2 Å². The highest BCUT2D eigenvalue weighted by atomic mass is 16.5. The number of nitrogens with one attached hydrogen (secondary N) is 1. The van der Waals surface area contributed by atoms with Crippen molar-refractivity contribution in [3.8, 4) is 11.3 Å². The van der Waals surface area contributed by atoms with E-state index in [9.17, 15) is 4.79 Å². The molecule has 3 aromatic rings. The van der Waals surface area contributed by atoms with Crippen molar-refractivity contribution in [2.75, 3.05) is 13.2 Å². The van der Waals surface area contributed by atoms with E-state index in [4.69, 9.17) is 9.15 Å². The highest BCUT2D eigenvalue weighted by molar-refractivity contribution is 5.92. The molecule has 0 aliphatic carbocycles. The summed E-state index contributed by atoms with van der Waals surface area (Å²) in [6, 6.07) is 5.50. The Morgan fingerprint density at radius 1 is 1.44 bits per heavy atom. The summed E-state index contributed by atoms with van der Waals surface area (Å²) < 4.78 is 14.6. The van der Waals surface area contributed by atoms with Gasteiger partial charge in [-0.3, -0.25) is 4.79 Å². The van der Waals surface area contributed by atoms with Crippen molar-refractivity contribution in [3.05, 3.63) is 48.3 Å². The van der Waals surface area contributed by atoms with Gasteiger partial charge in [-0.2, -0.15) is 0 Å². The van der Waals surface area contributed by atoms with Crippen LogP contribution in [0, 0.1) is 5.92 Å². The Kier molecular flexibility index (Phi) is 4.10. The number of nitrogens with zero attached hydrogens (tertiary/aromatic N) is 4. The van der Waals surface area contributed by atoms with Crippen molar-refractivity contribution in [1.29, 1.82) is 0 Å². The number of amides is 1. The Balaban J connectivity index is 1.44. The molecule has 0 radical (unpaired) electrons. The van der Waals surface area contributed by atoms with E-state index in [1.807, 2.05) is 30.1 Å². The smallest absolute Gasteiger partial charge is 0.267 e. The summed E-state index contributed by atoms with van der Waals surface area (Å²) in [6.07, 6.45) is 5.11. The summed E-state index contributed by atoms with van der Waals surface area (Å²) in [5, 5.41) is 11.5. The van der Waals surface area contributed by atoms with Gasteiger partial charge in [0.25, 0.3) is 5.91 Å². The van der Waals surface area contributed by atoms with E-state index >= 15 is 0 Å². The number of carbonyl (C=O) groups excluding carboxylic acids is 1. The summed E-state index contributed by atoms with van der Waals surface area (Å²) in [4.78, 5) is 12.2. The van der Waals surface area contributed by atoms with Gasteiger partial charge in [-0.15, -0.1) is 5.10 Å². The molecule has 0 saturated carbocycles. The maximum Gasteiger partial charge on any atom is 0.267 e. The lowest BCUT2D eigenvalue weighted by Crippen LogP contribution is -2.33. The molecule has 1 aliphatic rings. The molecule has 1 aliphatic heterocycles. The number of fused-ring (bicyclic) bond motifs is 1. The number of aryl methyl sites for hydroxylation is 1. The molecule has 25 heavy (non-hydrogen) atoms. The van der Waals surface area contributed by atoms with Crippen LogP contribution >= 0.6 is 0 Å². The van der Waals surface area contributed by atoms with Crippen LogP contribution in [0.5, 0.6) is 0 Å². The topological polar surface area (TPSA) is 87.1 Å². The first kappa shape index (κ1) is 15.6. The fourth-order valence-corrected chi connectivity index (χ4v) is 3.01. The Morgan fingerprint density at radius 2 is 2.36 bits per heavy atom. The first-order valence-electron chi connectivity index (χ1n) is 8.14. The maximum absolute atomic E-state index is 12.2. The van der Waals surface area contributed by atoms with Crippen molar-refractivity contribution in [2.45, 2.75) is 13.2 Å². The number of rotatable bonds is 4. The van der Waals surface area contributed by atoms with Gasteiger partial charge in [-0.25, -0.2) is 4.68 Å². The predicted octanol–water partition coefficient (Wildman–Crippen LogP) is 1.45. The highest BCUT2D eigenvalue weighted by Gasteiger charge is 2.23. The molecule has 0 aromatic carbocycles. The molecule has 8 heteroatoms. The van der Waals surface area contributed by atoms with Crippen LogP contribution in [-0.2, 0) is 24.9 Å². The molecule has 0 bridgehead atoms. The Hall–Kier alpha value is -2.87. The molecule has 3 aromatic heterocycles. The number of hydrogen-bond acceptors (Lipinski definition) is 5. The summed E-state index contributed by atoms with van der Waals surface area (Å²) in [7, 11) is 1.85. The van der Waals surface area contributed by atoms with Crippen molar-refractivity contribution in [2.24, 2.45) is 13.0 Å².